The first-order chi connectivity index (χ1) is 17.7. The number of carbonyl (C=O) groups excluding carboxylic acids is 1. The molecule has 0 bridgehead atoms. The van der Waals surface area contributed by atoms with Gasteiger partial charge in [-0.1, -0.05) is 12.6 Å². The van der Waals surface area contributed by atoms with Crippen LogP contribution in [-0.4, -0.2) is 65.3 Å². The topological polar surface area (TPSA) is 101 Å². The van der Waals surface area contributed by atoms with E-state index in [-0.39, 0.29) is 17.8 Å². The van der Waals surface area contributed by atoms with E-state index >= 15 is 0 Å². The van der Waals surface area contributed by atoms with Gasteiger partial charge in [-0.15, -0.1) is 0 Å². The van der Waals surface area contributed by atoms with Crippen molar-refractivity contribution < 1.29 is 9.18 Å². The molecular weight excluding hydrogens is 471 g/mol. The predicted octanol–water partition coefficient (Wildman–Crippen LogP) is 4.00. The molecule has 2 aromatic rings. The maximum absolute atomic E-state index is 14.7. The first-order valence-electron chi connectivity index (χ1n) is 12.2. The normalized spacial score (nSPS) is 17.9. The number of urea groups is 1. The van der Waals surface area contributed by atoms with Crippen LogP contribution < -0.4 is 10.2 Å². The number of halogens is 1. The lowest BCUT2D eigenvalue weighted by atomic mass is 9.99. The highest BCUT2D eigenvalue weighted by Crippen LogP contribution is 2.31. The lowest BCUT2D eigenvalue weighted by Gasteiger charge is -2.37. The van der Waals surface area contributed by atoms with E-state index in [4.69, 9.17) is 0 Å². The Hall–Kier alpha value is -4.26. The van der Waals surface area contributed by atoms with E-state index in [1.54, 1.807) is 18.2 Å². The third kappa shape index (κ3) is 5.31. The molecule has 1 saturated heterocycles. The van der Waals surface area contributed by atoms with Crippen LogP contribution in [0.15, 0.2) is 47.3 Å². The Labute approximate surface area is 216 Å². The number of nitriles is 1. The van der Waals surface area contributed by atoms with Crippen LogP contribution in [0.1, 0.15) is 48.7 Å². The highest BCUT2D eigenvalue weighted by molar-refractivity contribution is 5.79. The summed E-state index contributed by atoms with van der Waals surface area (Å²) in [5.74, 6) is -0.106. The number of allylic oxidation sites excluding steroid dienone is 3. The number of hydrogen-bond acceptors (Lipinski definition) is 7. The Bertz CT molecular complexity index is 1320. The standard InChI is InChI=1S/C27H31FN8O/c1-17(2)24(19(4)30-5)25-22(28)16-31-26(33-25)34-8-10-35(11-9-34)27(37)36-23(6-7-32-36)21-13-18(3)12-20(14-21)15-29/h7,12-14,16,23,30H,1,6,8-11H2,2-5H3/b24-19+. The van der Waals surface area contributed by atoms with Crippen molar-refractivity contribution in [3.05, 3.63) is 70.4 Å². The lowest BCUT2D eigenvalue weighted by molar-refractivity contribution is 0.139. The van der Waals surface area contributed by atoms with Crippen LogP contribution in [0, 0.1) is 24.1 Å². The minimum atomic E-state index is -0.515. The van der Waals surface area contributed by atoms with Gasteiger partial charge >= 0.3 is 6.03 Å². The molecule has 2 aliphatic heterocycles. The molecule has 37 heavy (non-hydrogen) atoms. The summed E-state index contributed by atoms with van der Waals surface area (Å²) < 4.78 is 14.7. The average Bonchev–Trinajstić information content (AvgIpc) is 3.39. The van der Waals surface area contributed by atoms with Gasteiger partial charge < -0.3 is 15.1 Å². The number of anilines is 1. The summed E-state index contributed by atoms with van der Waals surface area (Å²) >= 11 is 0. The Morgan fingerprint density at radius 3 is 2.59 bits per heavy atom. The van der Waals surface area contributed by atoms with E-state index in [2.05, 4.69) is 33.0 Å². The molecule has 0 aliphatic carbocycles. The third-order valence-electron chi connectivity index (χ3n) is 6.62. The first kappa shape index (κ1) is 25.8. The molecule has 192 valence electrons. The fourth-order valence-electron chi connectivity index (χ4n) is 4.70. The summed E-state index contributed by atoms with van der Waals surface area (Å²) in [6.07, 6.45) is 3.51. The minimum absolute atomic E-state index is 0.184. The molecule has 0 spiro atoms. The van der Waals surface area contributed by atoms with Crippen molar-refractivity contribution in [3.63, 3.8) is 0 Å². The molecule has 4 rings (SSSR count). The first-order valence-corrected chi connectivity index (χ1v) is 12.2. The number of carbonyl (C=O) groups is 1. The fourth-order valence-corrected chi connectivity index (χ4v) is 4.70. The highest BCUT2D eigenvalue weighted by Gasteiger charge is 2.34. The van der Waals surface area contributed by atoms with Gasteiger partial charge in [0.1, 0.15) is 5.69 Å². The number of nitrogens with one attached hydrogen (secondary N) is 1. The van der Waals surface area contributed by atoms with Crippen LogP contribution in [0.2, 0.25) is 0 Å². The Balaban J connectivity index is 1.48. The smallest absolute Gasteiger partial charge is 0.341 e. The molecule has 2 amide bonds. The van der Waals surface area contributed by atoms with Crippen LogP contribution in [0.25, 0.3) is 5.57 Å². The van der Waals surface area contributed by atoms with Crippen LogP contribution in [-0.2, 0) is 0 Å². The number of aryl methyl sites for hydroxylation is 1. The number of nitrogens with zero attached hydrogens (tertiary/aromatic N) is 7. The van der Waals surface area contributed by atoms with Crippen molar-refractivity contribution in [1.82, 2.24) is 25.2 Å². The van der Waals surface area contributed by atoms with Crippen molar-refractivity contribution in [2.75, 3.05) is 38.1 Å². The van der Waals surface area contributed by atoms with Crippen LogP contribution in [0.4, 0.5) is 15.1 Å². The fraction of sp³-hybridized carbons (Fsp3) is 0.370. The second kappa shape index (κ2) is 10.8. The summed E-state index contributed by atoms with van der Waals surface area (Å²) in [4.78, 5) is 25.8. The molecule has 0 radical (unpaired) electrons. The van der Waals surface area contributed by atoms with E-state index in [1.165, 1.54) is 11.2 Å². The van der Waals surface area contributed by atoms with Gasteiger partial charge in [-0.2, -0.15) is 10.4 Å². The number of amides is 2. The van der Waals surface area contributed by atoms with Gasteiger partial charge in [-0.25, -0.2) is 24.2 Å². The Kier molecular flexibility index (Phi) is 7.53. The predicted molar refractivity (Wildman–Crippen MR) is 141 cm³/mol. The van der Waals surface area contributed by atoms with Gasteiger partial charge in [0.2, 0.25) is 5.95 Å². The lowest BCUT2D eigenvalue weighted by Crippen LogP contribution is -2.52. The molecule has 1 aromatic heterocycles. The second-order valence-electron chi connectivity index (χ2n) is 9.29. The molecule has 1 N–H and O–H groups in total. The summed E-state index contributed by atoms with van der Waals surface area (Å²) in [7, 11) is 1.77. The maximum Gasteiger partial charge on any atom is 0.341 e. The number of hydrazone groups is 1. The zero-order valence-corrected chi connectivity index (χ0v) is 21.6. The number of piperazine rings is 1. The quantitative estimate of drug-likeness (QED) is 0.621. The minimum Gasteiger partial charge on any atom is -0.391 e. The van der Waals surface area contributed by atoms with Gasteiger partial charge in [0.25, 0.3) is 0 Å². The third-order valence-corrected chi connectivity index (χ3v) is 6.62. The summed E-state index contributed by atoms with van der Waals surface area (Å²) in [5, 5.41) is 18.2. The summed E-state index contributed by atoms with van der Waals surface area (Å²) in [5.41, 5.74) is 4.71. The zero-order valence-electron chi connectivity index (χ0n) is 21.6. The molecule has 1 fully saturated rings. The molecular formula is C27H31FN8O. The SMILES string of the molecule is C=C(C)/C(=C(/C)NC)c1nc(N2CCN(C(=O)N3N=CCC3c3cc(C)cc(C#N)c3)CC2)ncc1F. The van der Waals surface area contributed by atoms with Crippen molar-refractivity contribution >= 4 is 23.8 Å². The second-order valence-corrected chi connectivity index (χ2v) is 9.29. The van der Waals surface area contributed by atoms with Crippen molar-refractivity contribution in [1.29, 1.82) is 5.26 Å². The van der Waals surface area contributed by atoms with E-state index in [0.29, 0.717) is 55.3 Å². The maximum atomic E-state index is 14.7. The Morgan fingerprint density at radius 1 is 1.22 bits per heavy atom. The summed E-state index contributed by atoms with van der Waals surface area (Å²) in [6.45, 7) is 11.5. The molecule has 3 heterocycles. The van der Waals surface area contributed by atoms with Gasteiger partial charge in [-0.05, 0) is 49.6 Å². The molecule has 1 aromatic carbocycles. The van der Waals surface area contributed by atoms with Crippen LogP contribution in [0.3, 0.4) is 0 Å². The van der Waals surface area contributed by atoms with E-state index < -0.39 is 5.82 Å². The van der Waals surface area contributed by atoms with Crippen molar-refractivity contribution in [3.8, 4) is 6.07 Å². The Morgan fingerprint density at radius 2 is 1.95 bits per heavy atom. The van der Waals surface area contributed by atoms with Gasteiger partial charge in [0.05, 0.1) is 23.9 Å². The van der Waals surface area contributed by atoms with Crippen molar-refractivity contribution in [2.24, 2.45) is 5.10 Å². The van der Waals surface area contributed by atoms with E-state index in [0.717, 1.165) is 16.8 Å². The highest BCUT2D eigenvalue weighted by atomic mass is 19.1. The molecule has 1 atom stereocenters. The van der Waals surface area contributed by atoms with E-state index in [9.17, 15) is 14.4 Å². The van der Waals surface area contributed by atoms with Crippen molar-refractivity contribution in [2.45, 2.75) is 33.2 Å². The van der Waals surface area contributed by atoms with E-state index in [1.807, 2.05) is 43.9 Å². The molecule has 10 heteroatoms. The van der Waals surface area contributed by atoms with Crippen LogP contribution in [0.5, 0.6) is 0 Å². The molecule has 1 unspecified atom stereocenters. The zero-order chi connectivity index (χ0) is 26.7. The summed E-state index contributed by atoms with van der Waals surface area (Å²) in [6, 6.07) is 7.38. The monoisotopic (exact) mass is 502 g/mol. The number of rotatable bonds is 5. The number of benzene rings is 1. The average molecular weight is 503 g/mol. The molecule has 9 nitrogen and oxygen atoms in total. The molecule has 0 saturated carbocycles. The largest absolute Gasteiger partial charge is 0.391 e. The van der Waals surface area contributed by atoms with Crippen LogP contribution >= 0.6 is 0 Å². The number of hydrogen-bond donors (Lipinski definition) is 1. The number of aromatic nitrogens is 2. The van der Waals surface area contributed by atoms with Gasteiger partial charge in [0, 0.05) is 57.1 Å². The van der Waals surface area contributed by atoms with Gasteiger partial charge in [-0.3, -0.25) is 0 Å². The van der Waals surface area contributed by atoms with Gasteiger partial charge in [0.15, 0.2) is 5.82 Å². The molecule has 2 aliphatic rings.